The molecule has 11 heteroatoms. The van der Waals surface area contributed by atoms with Gasteiger partial charge in [-0.05, 0) is 34.2 Å². The second-order valence-electron chi connectivity index (χ2n) is 6.93. The van der Waals surface area contributed by atoms with Crippen molar-refractivity contribution in [3.05, 3.63) is 65.4 Å². The molecule has 1 aliphatic heterocycles. The Hall–Kier alpha value is -3.79. The van der Waals surface area contributed by atoms with Crippen LogP contribution in [0.5, 0.6) is 0 Å². The summed E-state index contributed by atoms with van der Waals surface area (Å²) in [5, 5.41) is 21.1. The van der Waals surface area contributed by atoms with Crippen LogP contribution in [0.4, 0.5) is 5.69 Å². The van der Waals surface area contributed by atoms with Crippen molar-refractivity contribution in [2.45, 2.75) is 12.5 Å². The summed E-state index contributed by atoms with van der Waals surface area (Å²) in [7, 11) is 0. The topological polar surface area (TPSA) is 122 Å². The fourth-order valence-electron chi connectivity index (χ4n) is 3.48. The minimum Gasteiger partial charge on any atom is -0.480 e. The van der Waals surface area contributed by atoms with E-state index in [-0.39, 0.29) is 19.5 Å². The molecule has 0 bridgehead atoms. The molecule has 1 aliphatic rings. The molecule has 3 aromatic rings. The van der Waals surface area contributed by atoms with E-state index in [1.807, 2.05) is 6.07 Å². The standard InChI is InChI=1S/C20H17ClN6O4/c21-14-6-7-15(27-12-22-23-24-27)16(9-14)25-10-19(29)26(11-18(25)28)17(20(30)31)8-13-4-2-1-3-5-13/h1-7,9,12,17H,8,10-11H2,(H,30,31). The smallest absolute Gasteiger partial charge is 0.326 e. The van der Waals surface area contributed by atoms with Gasteiger partial charge in [-0.25, -0.2) is 4.79 Å². The lowest BCUT2D eigenvalue weighted by atomic mass is 10.0. The van der Waals surface area contributed by atoms with Crippen molar-refractivity contribution in [3.8, 4) is 5.69 Å². The number of anilines is 1. The van der Waals surface area contributed by atoms with E-state index >= 15 is 0 Å². The number of nitrogens with zero attached hydrogens (tertiary/aromatic N) is 6. The Morgan fingerprint density at radius 1 is 1.06 bits per heavy atom. The predicted octanol–water partition coefficient (Wildman–Crippen LogP) is 1.19. The zero-order valence-corrected chi connectivity index (χ0v) is 16.9. The largest absolute Gasteiger partial charge is 0.480 e. The van der Waals surface area contributed by atoms with Gasteiger partial charge in [-0.3, -0.25) is 14.5 Å². The Morgan fingerprint density at radius 3 is 2.52 bits per heavy atom. The van der Waals surface area contributed by atoms with Gasteiger partial charge < -0.3 is 10.0 Å². The number of halogens is 1. The average molecular weight is 441 g/mol. The number of benzene rings is 2. The fourth-order valence-corrected chi connectivity index (χ4v) is 3.65. The van der Waals surface area contributed by atoms with Crippen LogP contribution in [0.15, 0.2) is 54.9 Å². The molecule has 1 fully saturated rings. The highest BCUT2D eigenvalue weighted by Crippen LogP contribution is 2.29. The van der Waals surface area contributed by atoms with Crippen molar-refractivity contribution in [2.75, 3.05) is 18.0 Å². The molecule has 1 saturated heterocycles. The highest BCUT2D eigenvalue weighted by molar-refractivity contribution is 6.31. The van der Waals surface area contributed by atoms with Gasteiger partial charge in [0.25, 0.3) is 0 Å². The van der Waals surface area contributed by atoms with Gasteiger partial charge in [-0.1, -0.05) is 41.9 Å². The van der Waals surface area contributed by atoms with Crippen LogP contribution < -0.4 is 4.90 Å². The molecule has 2 amide bonds. The van der Waals surface area contributed by atoms with Crippen LogP contribution in [-0.4, -0.2) is 67.1 Å². The molecule has 10 nitrogen and oxygen atoms in total. The Kier molecular flexibility index (Phi) is 5.63. The summed E-state index contributed by atoms with van der Waals surface area (Å²) in [5.41, 5.74) is 1.57. The van der Waals surface area contributed by atoms with Crippen LogP contribution in [0.3, 0.4) is 0 Å². The zero-order valence-electron chi connectivity index (χ0n) is 16.1. The first kappa shape index (κ1) is 20.5. The third-order valence-electron chi connectivity index (χ3n) is 4.98. The predicted molar refractivity (Wildman–Crippen MR) is 110 cm³/mol. The molecule has 158 valence electrons. The molecule has 0 spiro atoms. The number of carboxylic acids is 1. The second kappa shape index (κ2) is 8.52. The van der Waals surface area contributed by atoms with Crippen molar-refractivity contribution in [3.63, 3.8) is 0 Å². The van der Waals surface area contributed by atoms with Gasteiger partial charge in [-0.2, -0.15) is 4.68 Å². The second-order valence-corrected chi connectivity index (χ2v) is 7.37. The Bertz CT molecular complexity index is 1120. The number of aromatic nitrogens is 4. The van der Waals surface area contributed by atoms with E-state index in [2.05, 4.69) is 15.5 Å². The third kappa shape index (κ3) is 4.24. The number of carboxylic acid groups (broad SMARTS) is 1. The zero-order chi connectivity index (χ0) is 22.0. The van der Waals surface area contributed by atoms with Crippen molar-refractivity contribution in [1.29, 1.82) is 0 Å². The van der Waals surface area contributed by atoms with Gasteiger partial charge in [-0.15, -0.1) is 5.10 Å². The molecule has 4 rings (SSSR count). The Balaban J connectivity index is 1.61. The van der Waals surface area contributed by atoms with Crippen LogP contribution in [-0.2, 0) is 20.8 Å². The quantitative estimate of drug-likeness (QED) is 0.610. The van der Waals surface area contributed by atoms with Crippen LogP contribution in [0.2, 0.25) is 5.02 Å². The number of amides is 2. The molecule has 1 atom stereocenters. The van der Waals surface area contributed by atoms with E-state index in [0.717, 1.165) is 10.5 Å². The van der Waals surface area contributed by atoms with Crippen molar-refractivity contribution < 1.29 is 19.5 Å². The summed E-state index contributed by atoms with van der Waals surface area (Å²) in [4.78, 5) is 40.2. The van der Waals surface area contributed by atoms with Gasteiger partial charge in [0.2, 0.25) is 11.8 Å². The third-order valence-corrected chi connectivity index (χ3v) is 5.21. The normalized spacial score (nSPS) is 15.3. The SMILES string of the molecule is O=C(O)C(Cc1ccccc1)N1CC(=O)N(c2cc(Cl)ccc2-n2cnnn2)CC1=O. The minimum atomic E-state index is -1.17. The van der Waals surface area contributed by atoms with Crippen molar-refractivity contribution in [2.24, 2.45) is 0 Å². The molecule has 0 saturated carbocycles. The van der Waals surface area contributed by atoms with Gasteiger partial charge in [0.05, 0.1) is 11.4 Å². The van der Waals surface area contributed by atoms with Crippen LogP contribution in [0, 0.1) is 0 Å². The Morgan fingerprint density at radius 2 is 1.84 bits per heavy atom. The maximum Gasteiger partial charge on any atom is 0.326 e. The maximum atomic E-state index is 13.0. The highest BCUT2D eigenvalue weighted by atomic mass is 35.5. The van der Waals surface area contributed by atoms with E-state index in [0.29, 0.717) is 16.4 Å². The summed E-state index contributed by atoms with van der Waals surface area (Å²) >= 11 is 6.12. The summed E-state index contributed by atoms with van der Waals surface area (Å²) in [6, 6.07) is 12.6. The van der Waals surface area contributed by atoms with Crippen molar-refractivity contribution >= 4 is 35.1 Å². The minimum absolute atomic E-state index is 0.0994. The first-order valence-electron chi connectivity index (χ1n) is 9.33. The number of tetrazole rings is 1. The maximum absolute atomic E-state index is 13.0. The van der Waals surface area contributed by atoms with Crippen LogP contribution in [0.25, 0.3) is 5.69 Å². The lowest BCUT2D eigenvalue weighted by Crippen LogP contribution is -2.59. The highest BCUT2D eigenvalue weighted by Gasteiger charge is 2.38. The lowest BCUT2D eigenvalue weighted by molar-refractivity contribution is -0.152. The van der Waals surface area contributed by atoms with Crippen LogP contribution in [0.1, 0.15) is 5.56 Å². The summed E-state index contributed by atoms with van der Waals surface area (Å²) < 4.78 is 1.35. The van der Waals surface area contributed by atoms with E-state index in [9.17, 15) is 19.5 Å². The van der Waals surface area contributed by atoms with Crippen LogP contribution >= 0.6 is 11.6 Å². The first-order valence-corrected chi connectivity index (χ1v) is 9.71. The molecule has 2 aromatic carbocycles. The van der Waals surface area contributed by atoms with Crippen molar-refractivity contribution in [1.82, 2.24) is 25.1 Å². The summed E-state index contributed by atoms with van der Waals surface area (Å²) in [6.45, 7) is -0.697. The monoisotopic (exact) mass is 440 g/mol. The number of aliphatic carboxylic acids is 1. The van der Waals surface area contributed by atoms with E-state index < -0.39 is 23.8 Å². The lowest BCUT2D eigenvalue weighted by Gasteiger charge is -2.37. The number of rotatable bonds is 6. The molecule has 0 aliphatic carbocycles. The summed E-state index contributed by atoms with van der Waals surface area (Å²) in [5.74, 6) is -2.09. The van der Waals surface area contributed by atoms with E-state index in [1.165, 1.54) is 22.0 Å². The Labute approximate surface area is 181 Å². The van der Waals surface area contributed by atoms with Gasteiger partial charge in [0, 0.05) is 11.4 Å². The number of carbonyl (C=O) groups excluding carboxylic acids is 2. The van der Waals surface area contributed by atoms with Gasteiger partial charge in [0.1, 0.15) is 25.5 Å². The number of piperazine rings is 1. The molecule has 2 heterocycles. The molecule has 31 heavy (non-hydrogen) atoms. The van der Waals surface area contributed by atoms with Gasteiger partial charge >= 0.3 is 5.97 Å². The van der Waals surface area contributed by atoms with E-state index in [4.69, 9.17) is 11.6 Å². The van der Waals surface area contributed by atoms with Gasteiger partial charge in [0.15, 0.2) is 0 Å². The number of hydrogen-bond acceptors (Lipinski definition) is 6. The average Bonchev–Trinajstić information content (AvgIpc) is 3.29. The number of carbonyl (C=O) groups is 3. The molecular weight excluding hydrogens is 424 g/mol. The molecule has 1 unspecified atom stereocenters. The first-order chi connectivity index (χ1) is 14.9. The van der Waals surface area contributed by atoms with E-state index in [1.54, 1.807) is 36.4 Å². The summed E-state index contributed by atoms with van der Waals surface area (Å²) in [6.07, 6.45) is 1.46. The molecule has 1 N–H and O–H groups in total. The fraction of sp³-hybridized carbons (Fsp3) is 0.200. The number of hydrogen-bond donors (Lipinski definition) is 1. The molecule has 1 aromatic heterocycles. The molecule has 0 radical (unpaired) electrons. The molecular formula is C20H17ClN6O4.